The molecule has 0 bridgehead atoms. The van der Waals surface area contributed by atoms with E-state index in [1.165, 1.54) is 0 Å². The maximum Gasteiger partial charge on any atom is 0.226 e. The third kappa shape index (κ3) is 2.95. The molecule has 0 fully saturated rings. The number of nitrogens with zero attached hydrogens (tertiary/aromatic N) is 5. The van der Waals surface area contributed by atoms with Gasteiger partial charge in [-0.3, -0.25) is 4.98 Å². The van der Waals surface area contributed by atoms with Crippen LogP contribution in [0.25, 0.3) is 11.2 Å². The van der Waals surface area contributed by atoms with Gasteiger partial charge in [-0.25, -0.2) is 4.98 Å². The number of rotatable bonds is 5. The fourth-order valence-corrected chi connectivity index (χ4v) is 2.34. The number of anilines is 1. The van der Waals surface area contributed by atoms with Gasteiger partial charge in [0.2, 0.25) is 5.28 Å². The summed E-state index contributed by atoms with van der Waals surface area (Å²) >= 11 is 5.97. The Balaban J connectivity index is 1.94. The zero-order valence-corrected chi connectivity index (χ0v) is 12.4. The van der Waals surface area contributed by atoms with Gasteiger partial charge in [0.15, 0.2) is 11.5 Å². The minimum Gasteiger partial charge on any atom is -0.364 e. The molecule has 108 valence electrons. The Morgan fingerprint density at radius 1 is 1.33 bits per heavy atom. The highest BCUT2D eigenvalue weighted by Crippen LogP contribution is 2.22. The Morgan fingerprint density at radius 2 is 2.24 bits per heavy atom. The van der Waals surface area contributed by atoms with Crippen LogP contribution in [0.3, 0.4) is 0 Å². The summed E-state index contributed by atoms with van der Waals surface area (Å²) in [5, 5.41) is 3.49. The van der Waals surface area contributed by atoms with E-state index in [1.807, 2.05) is 22.9 Å². The molecule has 0 saturated carbocycles. The lowest BCUT2D eigenvalue weighted by atomic mass is 10.3. The van der Waals surface area contributed by atoms with Crippen molar-refractivity contribution in [1.82, 2.24) is 24.5 Å². The molecular weight excluding hydrogens is 288 g/mol. The van der Waals surface area contributed by atoms with Crippen LogP contribution in [0.4, 0.5) is 5.82 Å². The van der Waals surface area contributed by atoms with Crippen LogP contribution in [0.15, 0.2) is 30.9 Å². The number of aryl methyl sites for hydroxylation is 1. The zero-order chi connectivity index (χ0) is 14.7. The Bertz CT molecular complexity index is 740. The Hall–Kier alpha value is -2.21. The van der Waals surface area contributed by atoms with Gasteiger partial charge in [-0.1, -0.05) is 13.0 Å². The van der Waals surface area contributed by atoms with Crippen LogP contribution in [0.1, 0.15) is 18.9 Å². The minimum absolute atomic E-state index is 0.193. The molecule has 21 heavy (non-hydrogen) atoms. The summed E-state index contributed by atoms with van der Waals surface area (Å²) in [4.78, 5) is 16.8. The molecule has 7 heteroatoms. The van der Waals surface area contributed by atoms with Crippen LogP contribution >= 0.6 is 11.6 Å². The molecule has 3 heterocycles. The average molecular weight is 303 g/mol. The number of pyridine rings is 1. The van der Waals surface area contributed by atoms with Crippen LogP contribution < -0.4 is 5.32 Å². The molecule has 0 aliphatic rings. The van der Waals surface area contributed by atoms with Crippen LogP contribution in [-0.2, 0) is 13.1 Å². The van der Waals surface area contributed by atoms with E-state index in [-0.39, 0.29) is 5.28 Å². The van der Waals surface area contributed by atoms with Crippen molar-refractivity contribution in [1.29, 1.82) is 0 Å². The van der Waals surface area contributed by atoms with E-state index in [0.717, 1.165) is 24.0 Å². The molecule has 3 aromatic heterocycles. The van der Waals surface area contributed by atoms with Crippen molar-refractivity contribution in [2.24, 2.45) is 0 Å². The third-order valence-corrected chi connectivity index (χ3v) is 3.26. The first kappa shape index (κ1) is 13.8. The van der Waals surface area contributed by atoms with Crippen LogP contribution in [-0.4, -0.2) is 24.5 Å². The number of nitrogens with one attached hydrogen (secondary N) is 1. The second-order valence-corrected chi connectivity index (χ2v) is 5.00. The second kappa shape index (κ2) is 6.05. The van der Waals surface area contributed by atoms with E-state index in [0.29, 0.717) is 18.0 Å². The Kier molecular flexibility index (Phi) is 3.96. The lowest BCUT2D eigenvalue weighted by Crippen LogP contribution is -2.06. The molecule has 0 aliphatic heterocycles. The van der Waals surface area contributed by atoms with Crippen molar-refractivity contribution >= 4 is 28.6 Å². The first-order chi connectivity index (χ1) is 10.3. The number of hydrogen-bond donors (Lipinski definition) is 1. The summed E-state index contributed by atoms with van der Waals surface area (Å²) < 4.78 is 2.04. The monoisotopic (exact) mass is 302 g/mol. The maximum absolute atomic E-state index is 5.97. The summed E-state index contributed by atoms with van der Waals surface area (Å²) in [5.41, 5.74) is 2.56. The van der Waals surface area contributed by atoms with Crippen LogP contribution in [0.5, 0.6) is 0 Å². The Morgan fingerprint density at radius 3 is 3.00 bits per heavy atom. The van der Waals surface area contributed by atoms with Gasteiger partial charge in [0.05, 0.1) is 6.33 Å². The Labute approximate surface area is 127 Å². The van der Waals surface area contributed by atoms with E-state index in [2.05, 4.69) is 32.2 Å². The van der Waals surface area contributed by atoms with Gasteiger partial charge in [0.25, 0.3) is 0 Å². The van der Waals surface area contributed by atoms with Gasteiger partial charge in [-0.15, -0.1) is 0 Å². The average Bonchev–Trinajstić information content (AvgIpc) is 2.89. The first-order valence-electron chi connectivity index (χ1n) is 6.79. The van der Waals surface area contributed by atoms with Crippen LogP contribution in [0.2, 0.25) is 5.28 Å². The topological polar surface area (TPSA) is 68.5 Å². The molecule has 0 aliphatic carbocycles. The minimum atomic E-state index is 0.193. The second-order valence-electron chi connectivity index (χ2n) is 4.67. The summed E-state index contributed by atoms with van der Waals surface area (Å²) in [5.74, 6) is 0.694. The van der Waals surface area contributed by atoms with E-state index in [9.17, 15) is 0 Å². The quantitative estimate of drug-likeness (QED) is 0.734. The predicted octanol–water partition coefficient (Wildman–Crippen LogP) is 2.90. The van der Waals surface area contributed by atoms with Gasteiger partial charge in [0, 0.05) is 25.5 Å². The van der Waals surface area contributed by atoms with Gasteiger partial charge >= 0.3 is 0 Å². The SMILES string of the molecule is CCCn1cnc2nc(Cl)nc(NCc3cccnc3)c21. The highest BCUT2D eigenvalue weighted by Gasteiger charge is 2.12. The standard InChI is InChI=1S/C14H15ClN6/c1-2-6-21-9-18-13-11(21)12(19-14(15)20-13)17-8-10-4-3-5-16-7-10/h3-5,7,9H,2,6,8H2,1H3,(H,17,19,20). The smallest absolute Gasteiger partial charge is 0.226 e. The predicted molar refractivity (Wildman–Crippen MR) is 82.2 cm³/mol. The van der Waals surface area contributed by atoms with Crippen molar-refractivity contribution < 1.29 is 0 Å². The first-order valence-corrected chi connectivity index (χ1v) is 7.17. The molecule has 3 rings (SSSR count). The van der Waals surface area contributed by atoms with Crippen LogP contribution in [0, 0.1) is 0 Å². The van der Waals surface area contributed by atoms with Crippen molar-refractivity contribution in [2.75, 3.05) is 5.32 Å². The van der Waals surface area contributed by atoms with E-state index < -0.39 is 0 Å². The molecule has 0 spiro atoms. The summed E-state index contributed by atoms with van der Waals surface area (Å²) in [6.45, 7) is 3.60. The van der Waals surface area contributed by atoms with E-state index >= 15 is 0 Å². The maximum atomic E-state index is 5.97. The molecule has 0 radical (unpaired) electrons. The van der Waals surface area contributed by atoms with Gasteiger partial charge in [0.1, 0.15) is 5.52 Å². The van der Waals surface area contributed by atoms with E-state index in [4.69, 9.17) is 11.6 Å². The number of imidazole rings is 1. The molecule has 3 aromatic rings. The third-order valence-electron chi connectivity index (χ3n) is 3.09. The zero-order valence-electron chi connectivity index (χ0n) is 11.6. The highest BCUT2D eigenvalue weighted by atomic mass is 35.5. The molecule has 0 saturated heterocycles. The lowest BCUT2D eigenvalue weighted by Gasteiger charge is -2.09. The van der Waals surface area contributed by atoms with E-state index in [1.54, 1.807) is 12.5 Å². The van der Waals surface area contributed by atoms with Gasteiger partial charge < -0.3 is 9.88 Å². The van der Waals surface area contributed by atoms with Gasteiger partial charge in [-0.2, -0.15) is 9.97 Å². The number of aromatic nitrogens is 5. The fraction of sp³-hybridized carbons (Fsp3) is 0.286. The lowest BCUT2D eigenvalue weighted by molar-refractivity contribution is 0.696. The van der Waals surface area contributed by atoms with Crippen molar-refractivity contribution in [3.63, 3.8) is 0 Å². The number of fused-ring (bicyclic) bond motifs is 1. The normalized spacial score (nSPS) is 11.0. The largest absolute Gasteiger partial charge is 0.364 e. The molecule has 6 nitrogen and oxygen atoms in total. The molecule has 0 unspecified atom stereocenters. The van der Waals surface area contributed by atoms with Crippen molar-refractivity contribution in [3.05, 3.63) is 41.7 Å². The summed E-state index contributed by atoms with van der Waals surface area (Å²) in [6.07, 6.45) is 6.35. The highest BCUT2D eigenvalue weighted by molar-refractivity contribution is 6.28. The molecular formula is C14H15ClN6. The molecule has 0 amide bonds. The molecule has 1 N–H and O–H groups in total. The fourth-order valence-electron chi connectivity index (χ4n) is 2.18. The molecule has 0 atom stereocenters. The van der Waals surface area contributed by atoms with Gasteiger partial charge in [-0.05, 0) is 29.7 Å². The number of hydrogen-bond acceptors (Lipinski definition) is 5. The van der Waals surface area contributed by atoms with Crippen molar-refractivity contribution in [3.8, 4) is 0 Å². The van der Waals surface area contributed by atoms with Crippen molar-refractivity contribution in [2.45, 2.75) is 26.4 Å². The summed E-state index contributed by atoms with van der Waals surface area (Å²) in [6, 6.07) is 3.91. The molecule has 0 aromatic carbocycles. The summed E-state index contributed by atoms with van der Waals surface area (Å²) in [7, 11) is 0. The number of halogens is 1.